The van der Waals surface area contributed by atoms with Gasteiger partial charge in [0.05, 0.1) is 0 Å². The van der Waals surface area contributed by atoms with Crippen LogP contribution in [0.25, 0.3) is 0 Å². The van der Waals surface area contributed by atoms with Gasteiger partial charge in [0.15, 0.2) is 0 Å². The van der Waals surface area contributed by atoms with Crippen molar-refractivity contribution in [2.45, 2.75) is 32.9 Å². The minimum atomic E-state index is 0.419. The van der Waals surface area contributed by atoms with E-state index >= 15 is 0 Å². The first-order chi connectivity index (χ1) is 7.75. The number of rotatable bonds is 5. The van der Waals surface area contributed by atoms with Crippen molar-refractivity contribution in [3.05, 3.63) is 34.8 Å². The molecule has 3 nitrogen and oxygen atoms in total. The highest BCUT2D eigenvalue weighted by atomic mass is 32.1. The predicted molar refractivity (Wildman–Crippen MR) is 69.0 cm³/mol. The predicted octanol–water partition coefficient (Wildman–Crippen LogP) is 3.01. The standard InChI is InChI=1S/C12H17N3S/c1-10(2)14-12-13-6-8-15(12)7-5-11-4-3-9-16-11/h3-4,6,8-10H,5,7H2,1-2H3,(H,13,14). The molecular weight excluding hydrogens is 218 g/mol. The Morgan fingerprint density at radius 1 is 1.50 bits per heavy atom. The Balaban J connectivity index is 1.96. The highest BCUT2D eigenvalue weighted by Gasteiger charge is 2.03. The fourth-order valence-corrected chi connectivity index (χ4v) is 2.27. The van der Waals surface area contributed by atoms with Crippen LogP contribution in [-0.2, 0) is 13.0 Å². The Kier molecular flexibility index (Phi) is 3.62. The smallest absolute Gasteiger partial charge is 0.202 e. The molecule has 0 spiro atoms. The number of anilines is 1. The summed E-state index contributed by atoms with van der Waals surface area (Å²) in [7, 11) is 0. The van der Waals surface area contributed by atoms with Crippen molar-refractivity contribution >= 4 is 17.3 Å². The quantitative estimate of drug-likeness (QED) is 0.863. The van der Waals surface area contributed by atoms with E-state index in [1.807, 2.05) is 23.7 Å². The molecule has 0 saturated carbocycles. The van der Waals surface area contributed by atoms with Gasteiger partial charge in [0, 0.05) is 29.9 Å². The summed E-state index contributed by atoms with van der Waals surface area (Å²) < 4.78 is 2.17. The summed E-state index contributed by atoms with van der Waals surface area (Å²) >= 11 is 1.81. The van der Waals surface area contributed by atoms with Crippen LogP contribution >= 0.6 is 11.3 Å². The third-order valence-corrected chi connectivity index (χ3v) is 3.25. The minimum Gasteiger partial charge on any atom is -0.353 e. The largest absolute Gasteiger partial charge is 0.353 e. The third kappa shape index (κ3) is 2.85. The number of aromatic nitrogens is 2. The molecule has 0 atom stereocenters. The van der Waals surface area contributed by atoms with Crippen molar-refractivity contribution in [1.29, 1.82) is 0 Å². The van der Waals surface area contributed by atoms with E-state index in [1.165, 1.54) is 4.88 Å². The van der Waals surface area contributed by atoms with Gasteiger partial charge in [-0.15, -0.1) is 11.3 Å². The second kappa shape index (κ2) is 5.16. The molecule has 0 amide bonds. The molecule has 0 unspecified atom stereocenters. The molecule has 0 saturated heterocycles. The van der Waals surface area contributed by atoms with Gasteiger partial charge in [-0.1, -0.05) is 6.07 Å². The summed E-state index contributed by atoms with van der Waals surface area (Å²) in [5.41, 5.74) is 0. The third-order valence-electron chi connectivity index (χ3n) is 2.31. The Hall–Kier alpha value is -1.29. The lowest BCUT2D eigenvalue weighted by atomic mass is 10.3. The molecule has 0 aliphatic heterocycles. The zero-order valence-electron chi connectivity index (χ0n) is 9.68. The van der Waals surface area contributed by atoms with Gasteiger partial charge in [-0.05, 0) is 31.7 Å². The van der Waals surface area contributed by atoms with Crippen molar-refractivity contribution in [2.24, 2.45) is 0 Å². The van der Waals surface area contributed by atoms with Crippen LogP contribution in [-0.4, -0.2) is 15.6 Å². The molecule has 2 aromatic rings. The first-order valence-electron chi connectivity index (χ1n) is 5.56. The van der Waals surface area contributed by atoms with Gasteiger partial charge in [-0.2, -0.15) is 0 Å². The van der Waals surface area contributed by atoms with Crippen molar-refractivity contribution < 1.29 is 0 Å². The average Bonchev–Trinajstić information content (AvgIpc) is 2.84. The molecule has 0 fully saturated rings. The van der Waals surface area contributed by atoms with Crippen LogP contribution in [0.4, 0.5) is 5.95 Å². The lowest BCUT2D eigenvalue weighted by Gasteiger charge is -2.11. The average molecular weight is 235 g/mol. The maximum atomic E-state index is 4.31. The van der Waals surface area contributed by atoms with Crippen LogP contribution in [0.3, 0.4) is 0 Å². The second-order valence-corrected chi connectivity index (χ2v) is 5.10. The lowest BCUT2D eigenvalue weighted by Crippen LogP contribution is -2.15. The van der Waals surface area contributed by atoms with Crippen molar-refractivity contribution in [2.75, 3.05) is 5.32 Å². The molecule has 0 radical (unpaired) electrons. The van der Waals surface area contributed by atoms with Crippen LogP contribution in [0.15, 0.2) is 29.9 Å². The lowest BCUT2D eigenvalue weighted by molar-refractivity contribution is 0.697. The molecule has 86 valence electrons. The van der Waals surface area contributed by atoms with Crippen molar-refractivity contribution in [1.82, 2.24) is 9.55 Å². The van der Waals surface area contributed by atoms with Gasteiger partial charge >= 0.3 is 0 Å². The maximum Gasteiger partial charge on any atom is 0.202 e. The summed E-state index contributed by atoms with van der Waals surface area (Å²) in [5.74, 6) is 0.964. The van der Waals surface area contributed by atoms with Crippen molar-refractivity contribution in [3.63, 3.8) is 0 Å². The van der Waals surface area contributed by atoms with Gasteiger partial charge in [0.1, 0.15) is 0 Å². The van der Waals surface area contributed by atoms with E-state index in [1.54, 1.807) is 0 Å². The molecule has 16 heavy (non-hydrogen) atoms. The van der Waals surface area contributed by atoms with Gasteiger partial charge in [0.2, 0.25) is 5.95 Å². The molecule has 0 aromatic carbocycles. The Morgan fingerprint density at radius 3 is 3.06 bits per heavy atom. The Bertz CT molecular complexity index is 417. The highest BCUT2D eigenvalue weighted by Crippen LogP contribution is 2.12. The van der Waals surface area contributed by atoms with Crippen LogP contribution in [0, 0.1) is 0 Å². The van der Waals surface area contributed by atoms with E-state index in [2.05, 4.69) is 46.2 Å². The Morgan fingerprint density at radius 2 is 2.38 bits per heavy atom. The fourth-order valence-electron chi connectivity index (χ4n) is 1.57. The molecule has 0 bridgehead atoms. The number of imidazole rings is 1. The van der Waals surface area contributed by atoms with Crippen LogP contribution in [0.5, 0.6) is 0 Å². The van der Waals surface area contributed by atoms with Crippen LogP contribution < -0.4 is 5.32 Å². The molecule has 4 heteroatoms. The zero-order chi connectivity index (χ0) is 11.4. The monoisotopic (exact) mass is 235 g/mol. The molecule has 0 aliphatic carbocycles. The van der Waals surface area contributed by atoms with Gasteiger partial charge in [-0.3, -0.25) is 0 Å². The number of aryl methyl sites for hydroxylation is 2. The van der Waals surface area contributed by atoms with Crippen LogP contribution in [0.2, 0.25) is 0 Å². The normalized spacial score (nSPS) is 10.9. The molecule has 2 rings (SSSR count). The molecule has 2 aromatic heterocycles. The second-order valence-electron chi connectivity index (χ2n) is 4.07. The summed E-state index contributed by atoms with van der Waals surface area (Å²) in [5, 5.41) is 5.46. The summed E-state index contributed by atoms with van der Waals surface area (Å²) in [6.07, 6.45) is 4.94. The summed E-state index contributed by atoms with van der Waals surface area (Å²) in [6, 6.07) is 4.70. The van der Waals surface area contributed by atoms with E-state index in [9.17, 15) is 0 Å². The van der Waals surface area contributed by atoms with E-state index in [4.69, 9.17) is 0 Å². The number of thiophene rings is 1. The summed E-state index contributed by atoms with van der Waals surface area (Å²) in [4.78, 5) is 5.73. The van der Waals surface area contributed by atoms with Gasteiger partial charge in [-0.25, -0.2) is 4.98 Å². The first-order valence-corrected chi connectivity index (χ1v) is 6.43. The molecule has 1 N–H and O–H groups in total. The zero-order valence-corrected chi connectivity index (χ0v) is 10.5. The van der Waals surface area contributed by atoms with Gasteiger partial charge < -0.3 is 9.88 Å². The molecular formula is C12H17N3S. The number of hydrogen-bond acceptors (Lipinski definition) is 3. The SMILES string of the molecule is CC(C)Nc1nccn1CCc1cccs1. The fraction of sp³-hybridized carbons (Fsp3) is 0.417. The van der Waals surface area contributed by atoms with Gasteiger partial charge in [0.25, 0.3) is 0 Å². The number of nitrogens with one attached hydrogen (secondary N) is 1. The maximum absolute atomic E-state index is 4.31. The minimum absolute atomic E-state index is 0.419. The van der Waals surface area contributed by atoms with E-state index in [-0.39, 0.29) is 0 Å². The topological polar surface area (TPSA) is 29.9 Å². The highest BCUT2D eigenvalue weighted by molar-refractivity contribution is 7.09. The van der Waals surface area contributed by atoms with Crippen molar-refractivity contribution in [3.8, 4) is 0 Å². The first kappa shape index (κ1) is 11.2. The molecule has 0 aliphatic rings. The molecule has 2 heterocycles. The van der Waals surface area contributed by atoms with E-state index in [0.717, 1.165) is 18.9 Å². The van der Waals surface area contributed by atoms with E-state index < -0.39 is 0 Å². The number of hydrogen-bond donors (Lipinski definition) is 1. The van der Waals surface area contributed by atoms with E-state index in [0.29, 0.717) is 6.04 Å². The number of nitrogens with zero attached hydrogens (tertiary/aromatic N) is 2. The van der Waals surface area contributed by atoms with Crippen LogP contribution in [0.1, 0.15) is 18.7 Å². The Labute approximate surface area is 100 Å². The summed E-state index contributed by atoms with van der Waals surface area (Å²) in [6.45, 7) is 5.23.